The van der Waals surface area contributed by atoms with Crippen LogP contribution in [0.2, 0.25) is 0 Å². The van der Waals surface area contributed by atoms with E-state index in [0.717, 1.165) is 11.4 Å². The molecule has 1 aliphatic heterocycles. The molecule has 3 heterocycles. The predicted octanol–water partition coefficient (Wildman–Crippen LogP) is 15.7. The number of hydrogen-bond acceptors (Lipinski definition) is 1. The fourth-order valence-electron chi connectivity index (χ4n) is 11.4. The van der Waals surface area contributed by atoms with Gasteiger partial charge in [-0.1, -0.05) is 176 Å². The number of benzene rings is 10. The lowest BCUT2D eigenvalue weighted by molar-refractivity contribution is 0.745. The zero-order valence-electron chi connectivity index (χ0n) is 34.4. The molecule has 0 fully saturated rings. The van der Waals surface area contributed by atoms with Crippen molar-refractivity contribution >= 4 is 87.3 Å². The molecule has 2 unspecified atom stereocenters. The van der Waals surface area contributed by atoms with Gasteiger partial charge in [-0.3, -0.25) is 0 Å². The third kappa shape index (κ3) is 4.85. The Hall–Kier alpha value is -8.14. The maximum Gasteiger partial charge on any atom is 0.0782 e. The number of fused-ring (bicyclic) bond motifs is 16. The molecule has 0 radical (unpaired) electrons. The minimum atomic E-state index is 0.108. The maximum atomic E-state index is 2.66. The first-order valence-corrected chi connectivity index (χ1v) is 22.0. The summed E-state index contributed by atoms with van der Waals surface area (Å²) in [5.74, 6) is 0.198. The van der Waals surface area contributed by atoms with E-state index in [1.807, 2.05) is 0 Å². The predicted molar refractivity (Wildman–Crippen MR) is 266 cm³/mol. The highest BCUT2D eigenvalue weighted by Gasteiger charge is 2.41. The van der Waals surface area contributed by atoms with E-state index >= 15 is 0 Å². The van der Waals surface area contributed by atoms with Crippen LogP contribution < -0.4 is 4.90 Å². The van der Waals surface area contributed by atoms with Gasteiger partial charge in [0, 0.05) is 50.1 Å². The van der Waals surface area contributed by atoms with Crippen LogP contribution in [0.1, 0.15) is 11.5 Å². The first-order valence-electron chi connectivity index (χ1n) is 22.0. The van der Waals surface area contributed by atoms with E-state index in [1.54, 1.807) is 0 Å². The van der Waals surface area contributed by atoms with E-state index < -0.39 is 0 Å². The number of aromatic nitrogens is 2. The molecule has 3 nitrogen and oxygen atoms in total. The van der Waals surface area contributed by atoms with E-state index in [4.69, 9.17) is 0 Å². The average molecular weight is 802 g/mol. The van der Waals surface area contributed by atoms with E-state index in [9.17, 15) is 0 Å². The van der Waals surface area contributed by atoms with Gasteiger partial charge < -0.3 is 14.0 Å². The van der Waals surface area contributed by atoms with Crippen LogP contribution in [0.15, 0.2) is 224 Å². The zero-order chi connectivity index (χ0) is 41.2. The second kappa shape index (κ2) is 13.2. The molecule has 0 saturated carbocycles. The molecule has 0 N–H and O–H groups in total. The number of anilines is 2. The van der Waals surface area contributed by atoms with Crippen LogP contribution in [0.25, 0.3) is 98.4 Å². The van der Waals surface area contributed by atoms with Gasteiger partial charge >= 0.3 is 0 Å². The Bertz CT molecular complexity index is 3900. The topological polar surface area (TPSA) is 13.1 Å². The molecule has 0 spiro atoms. The standard InChI is InChI=1S/C60H39N3/c1-2-16-39(17-3-1)61-55-27-13-9-23-47(55)50-33-31-40(37-58(50)61)62-56-28-14-10-24-48(56)51-34-35-52-49-25-11-15-29-57(49)63(60(52)59(51)62)54-26-12-8-18-41(54)38-30-32-46-44-21-5-4-19-42(44)43-20-6-7-22-45(43)53(46)36-38/h1-37,49,57H. The summed E-state index contributed by atoms with van der Waals surface area (Å²) < 4.78 is 4.97. The molecule has 2 aromatic heterocycles. The van der Waals surface area contributed by atoms with Crippen LogP contribution in [0.5, 0.6) is 0 Å². The smallest absolute Gasteiger partial charge is 0.0782 e. The summed E-state index contributed by atoms with van der Waals surface area (Å²) in [6, 6.07) is 74.4. The maximum absolute atomic E-state index is 2.66. The first-order chi connectivity index (χ1) is 31.3. The number of allylic oxidation sites excluding steroid dienone is 2. The molecule has 63 heavy (non-hydrogen) atoms. The van der Waals surface area contributed by atoms with Crippen LogP contribution in [-0.4, -0.2) is 15.2 Å². The molecular formula is C60H39N3. The largest absolute Gasteiger partial charge is 0.331 e. The van der Waals surface area contributed by atoms with Gasteiger partial charge in [0.2, 0.25) is 0 Å². The van der Waals surface area contributed by atoms with Gasteiger partial charge in [-0.15, -0.1) is 0 Å². The summed E-state index contributed by atoms with van der Waals surface area (Å²) in [7, 11) is 0. The summed E-state index contributed by atoms with van der Waals surface area (Å²) in [5, 5.41) is 12.7. The highest BCUT2D eigenvalue weighted by molar-refractivity contribution is 6.26. The second-order valence-electron chi connectivity index (χ2n) is 17.2. The van der Waals surface area contributed by atoms with Gasteiger partial charge in [0.1, 0.15) is 0 Å². The fourth-order valence-corrected chi connectivity index (χ4v) is 11.4. The molecule has 294 valence electrons. The normalized spacial score (nSPS) is 15.8. The zero-order valence-corrected chi connectivity index (χ0v) is 34.4. The van der Waals surface area contributed by atoms with Crippen LogP contribution in [-0.2, 0) is 0 Å². The van der Waals surface area contributed by atoms with Gasteiger partial charge in [0.25, 0.3) is 0 Å². The van der Waals surface area contributed by atoms with Crippen molar-refractivity contribution in [3.63, 3.8) is 0 Å². The fraction of sp³-hybridized carbons (Fsp3) is 0.0333. The average Bonchev–Trinajstić information content (AvgIpc) is 4.00. The summed E-state index contributed by atoms with van der Waals surface area (Å²) in [4.78, 5) is 2.66. The minimum Gasteiger partial charge on any atom is -0.331 e. The van der Waals surface area contributed by atoms with Crippen molar-refractivity contribution < 1.29 is 0 Å². The van der Waals surface area contributed by atoms with Crippen LogP contribution in [0.4, 0.5) is 11.4 Å². The van der Waals surface area contributed by atoms with Crippen LogP contribution in [0, 0.1) is 0 Å². The third-order valence-corrected chi connectivity index (χ3v) is 14.0. The first kappa shape index (κ1) is 34.6. The summed E-state index contributed by atoms with van der Waals surface area (Å²) >= 11 is 0. The molecule has 1 aliphatic carbocycles. The Kier molecular flexibility index (Phi) is 7.23. The Morgan fingerprint density at radius 3 is 1.67 bits per heavy atom. The van der Waals surface area contributed by atoms with Crippen molar-refractivity contribution in [3.8, 4) is 22.5 Å². The molecule has 3 heteroatoms. The van der Waals surface area contributed by atoms with Gasteiger partial charge in [-0.25, -0.2) is 0 Å². The van der Waals surface area contributed by atoms with Crippen molar-refractivity contribution in [2.24, 2.45) is 0 Å². The molecule has 2 aliphatic rings. The molecule has 0 amide bonds. The summed E-state index contributed by atoms with van der Waals surface area (Å²) in [5.41, 5.74) is 13.4. The molecule has 12 aromatic rings. The van der Waals surface area contributed by atoms with Gasteiger partial charge in [-0.2, -0.15) is 0 Å². The van der Waals surface area contributed by atoms with Crippen molar-refractivity contribution in [2.75, 3.05) is 4.90 Å². The van der Waals surface area contributed by atoms with E-state index in [1.165, 1.54) is 104 Å². The third-order valence-electron chi connectivity index (χ3n) is 14.0. The highest BCUT2D eigenvalue weighted by Crippen LogP contribution is 2.54. The Morgan fingerprint density at radius 2 is 0.905 bits per heavy atom. The van der Waals surface area contributed by atoms with Gasteiger partial charge in [-0.05, 0) is 92.0 Å². The Labute approximate surface area is 364 Å². The SMILES string of the molecule is C1=CC2c3ccc4c5ccccc5n(-c5ccc6c7ccccc7n(-c7ccccc7)c6c5)c4c3N(c3ccccc3-c3ccc4c5ccccc5c5ccccc5c4c3)C2C=C1. The molecule has 2 atom stereocenters. The monoisotopic (exact) mass is 801 g/mol. The summed E-state index contributed by atoms with van der Waals surface area (Å²) in [6.07, 6.45) is 9.28. The van der Waals surface area contributed by atoms with Crippen LogP contribution >= 0.6 is 0 Å². The molecule has 14 rings (SSSR count). The van der Waals surface area contributed by atoms with Crippen molar-refractivity contribution in [1.82, 2.24) is 9.13 Å². The lowest BCUT2D eigenvalue weighted by Gasteiger charge is -2.31. The summed E-state index contributed by atoms with van der Waals surface area (Å²) in [6.45, 7) is 0. The lowest BCUT2D eigenvalue weighted by atomic mass is 9.90. The Balaban J connectivity index is 1.04. The number of hydrogen-bond donors (Lipinski definition) is 0. The molecular weight excluding hydrogens is 763 g/mol. The van der Waals surface area contributed by atoms with Gasteiger partial charge in [0.15, 0.2) is 0 Å². The number of rotatable bonds is 4. The van der Waals surface area contributed by atoms with Crippen molar-refractivity contribution in [3.05, 3.63) is 230 Å². The van der Waals surface area contributed by atoms with E-state index in [-0.39, 0.29) is 12.0 Å². The Morgan fingerprint density at radius 1 is 0.349 bits per heavy atom. The lowest BCUT2D eigenvalue weighted by Crippen LogP contribution is -2.29. The second-order valence-corrected chi connectivity index (χ2v) is 17.2. The van der Waals surface area contributed by atoms with E-state index in [0.29, 0.717) is 0 Å². The number of nitrogens with zero attached hydrogens (tertiary/aromatic N) is 3. The van der Waals surface area contributed by atoms with E-state index in [2.05, 4.69) is 239 Å². The van der Waals surface area contributed by atoms with Crippen LogP contribution in [0.3, 0.4) is 0 Å². The molecule has 0 saturated heterocycles. The number of para-hydroxylation sites is 4. The molecule has 10 aromatic carbocycles. The van der Waals surface area contributed by atoms with Crippen molar-refractivity contribution in [2.45, 2.75) is 12.0 Å². The highest BCUT2D eigenvalue weighted by atomic mass is 15.2. The van der Waals surface area contributed by atoms with Crippen molar-refractivity contribution in [1.29, 1.82) is 0 Å². The quantitative estimate of drug-likeness (QED) is 0.162. The van der Waals surface area contributed by atoms with Gasteiger partial charge in [0.05, 0.1) is 33.8 Å². The molecule has 0 bridgehead atoms. The minimum absolute atomic E-state index is 0.108.